The number of hydrogen-bond donors (Lipinski definition) is 1. The lowest BCUT2D eigenvalue weighted by molar-refractivity contribution is -0.142. The minimum Gasteiger partial charge on any atom is -0.466 e. The minimum atomic E-state index is -0.317. The fraction of sp³-hybridized carbons (Fsp3) is 0.312. The van der Waals surface area contributed by atoms with Crippen molar-refractivity contribution in [2.75, 3.05) is 11.9 Å². The van der Waals surface area contributed by atoms with Crippen molar-refractivity contribution in [3.63, 3.8) is 0 Å². The highest BCUT2D eigenvalue weighted by Crippen LogP contribution is 2.28. The predicted octanol–water partition coefficient (Wildman–Crippen LogP) is 4.02. The van der Waals surface area contributed by atoms with E-state index in [1.807, 2.05) is 12.3 Å². The maximum absolute atomic E-state index is 12.2. The lowest BCUT2D eigenvalue weighted by Gasteiger charge is -2.10. The summed E-state index contributed by atoms with van der Waals surface area (Å²) in [6.07, 6.45) is 0.149. The molecule has 0 aliphatic rings. The molecule has 2 rings (SSSR count). The first-order valence-electron chi connectivity index (χ1n) is 7.31. The van der Waals surface area contributed by atoms with E-state index in [4.69, 9.17) is 16.3 Å². The summed E-state index contributed by atoms with van der Waals surface area (Å²) in [7, 11) is 0. The number of thiazole rings is 1. The van der Waals surface area contributed by atoms with Crippen molar-refractivity contribution in [3.8, 4) is 0 Å². The molecule has 0 saturated carbocycles. The lowest BCUT2D eigenvalue weighted by Crippen LogP contribution is -2.22. The van der Waals surface area contributed by atoms with Crippen LogP contribution >= 0.6 is 34.7 Å². The van der Waals surface area contributed by atoms with Crippen LogP contribution in [0.4, 0.5) is 5.69 Å². The smallest absolute Gasteiger partial charge is 0.311 e. The Morgan fingerprint density at radius 3 is 2.75 bits per heavy atom. The van der Waals surface area contributed by atoms with Gasteiger partial charge in [0, 0.05) is 16.1 Å². The third-order valence-electron chi connectivity index (χ3n) is 2.92. The van der Waals surface area contributed by atoms with Gasteiger partial charge in [-0.25, -0.2) is 4.98 Å². The average Bonchev–Trinajstić information content (AvgIpc) is 2.96. The molecule has 0 fully saturated rings. The third-order valence-corrected chi connectivity index (χ3v) is 5.29. The number of benzene rings is 1. The molecule has 1 atom stereocenters. The first-order chi connectivity index (χ1) is 11.5. The van der Waals surface area contributed by atoms with Crippen molar-refractivity contribution in [2.24, 2.45) is 0 Å². The van der Waals surface area contributed by atoms with Crippen molar-refractivity contribution in [1.29, 1.82) is 0 Å². The summed E-state index contributed by atoms with van der Waals surface area (Å²) in [4.78, 5) is 28.0. The highest BCUT2D eigenvalue weighted by Gasteiger charge is 2.17. The van der Waals surface area contributed by atoms with Gasteiger partial charge in [-0.15, -0.1) is 11.3 Å². The van der Waals surface area contributed by atoms with Crippen LogP contribution in [-0.2, 0) is 20.7 Å². The summed E-state index contributed by atoms with van der Waals surface area (Å²) in [6, 6.07) is 6.94. The molecule has 1 amide bonds. The summed E-state index contributed by atoms with van der Waals surface area (Å²) in [6.45, 7) is 3.93. The van der Waals surface area contributed by atoms with Crippen LogP contribution in [0.2, 0.25) is 5.02 Å². The molecule has 0 spiro atoms. The molecule has 0 bridgehead atoms. The second kappa shape index (κ2) is 9.05. The molecular weight excluding hydrogens is 368 g/mol. The van der Waals surface area contributed by atoms with Gasteiger partial charge >= 0.3 is 5.97 Å². The number of carbonyl (C=O) groups excluding carboxylic acids is 2. The molecule has 1 heterocycles. The zero-order chi connectivity index (χ0) is 17.5. The van der Waals surface area contributed by atoms with Gasteiger partial charge in [-0.2, -0.15) is 0 Å². The van der Waals surface area contributed by atoms with Crippen LogP contribution in [0.1, 0.15) is 19.5 Å². The van der Waals surface area contributed by atoms with Gasteiger partial charge in [0.25, 0.3) is 0 Å². The quantitative estimate of drug-likeness (QED) is 0.576. The van der Waals surface area contributed by atoms with E-state index >= 15 is 0 Å². The number of rotatable bonds is 7. The first-order valence-corrected chi connectivity index (χ1v) is 9.44. The van der Waals surface area contributed by atoms with Crippen molar-refractivity contribution in [2.45, 2.75) is 29.9 Å². The van der Waals surface area contributed by atoms with Crippen LogP contribution in [0.25, 0.3) is 0 Å². The van der Waals surface area contributed by atoms with Gasteiger partial charge in [0.2, 0.25) is 5.91 Å². The zero-order valence-electron chi connectivity index (χ0n) is 13.2. The Balaban J connectivity index is 1.88. The fourth-order valence-corrected chi connectivity index (χ4v) is 3.87. The van der Waals surface area contributed by atoms with E-state index in [1.54, 1.807) is 31.2 Å². The van der Waals surface area contributed by atoms with Crippen LogP contribution in [0.15, 0.2) is 34.0 Å². The standard InChI is InChI=1S/C16H17ClN2O3S2/c1-3-22-14(20)8-13-9-23-16(19-13)24-10(2)15(21)18-12-6-4-11(17)5-7-12/h4-7,9-10H,3,8H2,1-2H3,(H,18,21)/t10-/m1/s1. The number of anilines is 1. The molecule has 0 aliphatic heterocycles. The Morgan fingerprint density at radius 2 is 2.08 bits per heavy atom. The number of esters is 1. The normalized spacial score (nSPS) is 11.8. The molecule has 0 unspecified atom stereocenters. The fourth-order valence-electron chi connectivity index (χ4n) is 1.77. The van der Waals surface area contributed by atoms with E-state index < -0.39 is 0 Å². The Kier molecular flexibility index (Phi) is 7.08. The van der Waals surface area contributed by atoms with Crippen LogP contribution in [0.3, 0.4) is 0 Å². The number of aromatic nitrogens is 1. The Labute approximate surface area is 153 Å². The van der Waals surface area contributed by atoms with Gasteiger partial charge in [-0.1, -0.05) is 23.4 Å². The van der Waals surface area contributed by atoms with Crippen LogP contribution in [-0.4, -0.2) is 28.7 Å². The molecule has 1 aromatic carbocycles. The second-order valence-electron chi connectivity index (χ2n) is 4.84. The number of ether oxygens (including phenoxy) is 1. The molecule has 128 valence electrons. The molecule has 24 heavy (non-hydrogen) atoms. The molecule has 0 saturated heterocycles. The van der Waals surface area contributed by atoms with E-state index in [1.165, 1.54) is 23.1 Å². The summed E-state index contributed by atoms with van der Waals surface area (Å²) < 4.78 is 5.64. The molecule has 8 heteroatoms. The van der Waals surface area contributed by atoms with Crippen molar-refractivity contribution in [3.05, 3.63) is 40.4 Å². The number of nitrogens with one attached hydrogen (secondary N) is 1. The second-order valence-corrected chi connectivity index (χ2v) is 7.73. The van der Waals surface area contributed by atoms with Gasteiger partial charge in [-0.3, -0.25) is 9.59 Å². The van der Waals surface area contributed by atoms with E-state index in [0.717, 1.165) is 4.34 Å². The molecule has 1 N–H and O–H groups in total. The Hall–Kier alpha value is -1.57. The predicted molar refractivity (Wildman–Crippen MR) is 97.9 cm³/mol. The maximum atomic E-state index is 12.2. The summed E-state index contributed by atoms with van der Waals surface area (Å²) >= 11 is 8.58. The Morgan fingerprint density at radius 1 is 1.38 bits per heavy atom. The maximum Gasteiger partial charge on any atom is 0.311 e. The Bertz CT molecular complexity index is 704. The van der Waals surface area contributed by atoms with Crippen LogP contribution < -0.4 is 5.32 Å². The van der Waals surface area contributed by atoms with E-state index in [2.05, 4.69) is 10.3 Å². The van der Waals surface area contributed by atoms with E-state index in [0.29, 0.717) is 23.0 Å². The monoisotopic (exact) mass is 384 g/mol. The minimum absolute atomic E-state index is 0.121. The summed E-state index contributed by atoms with van der Waals surface area (Å²) in [5, 5.41) is 4.94. The zero-order valence-corrected chi connectivity index (χ0v) is 15.6. The van der Waals surface area contributed by atoms with Gasteiger partial charge in [0.1, 0.15) is 0 Å². The van der Waals surface area contributed by atoms with Gasteiger partial charge in [0.05, 0.1) is 24.0 Å². The summed E-state index contributed by atoms with van der Waals surface area (Å²) in [5.74, 6) is -0.419. The van der Waals surface area contributed by atoms with Crippen molar-refractivity contribution in [1.82, 2.24) is 4.98 Å². The van der Waals surface area contributed by atoms with Gasteiger partial charge < -0.3 is 10.1 Å². The molecule has 0 radical (unpaired) electrons. The SMILES string of the molecule is CCOC(=O)Cc1csc(S[C@H](C)C(=O)Nc2ccc(Cl)cc2)n1. The third kappa shape index (κ3) is 5.81. The van der Waals surface area contributed by atoms with E-state index in [-0.39, 0.29) is 23.5 Å². The molecule has 2 aromatic rings. The number of carbonyl (C=O) groups is 2. The van der Waals surface area contributed by atoms with Crippen molar-refractivity contribution < 1.29 is 14.3 Å². The number of hydrogen-bond acceptors (Lipinski definition) is 6. The van der Waals surface area contributed by atoms with E-state index in [9.17, 15) is 9.59 Å². The molecular formula is C16H17ClN2O3S2. The van der Waals surface area contributed by atoms with Crippen molar-refractivity contribution >= 4 is 52.3 Å². The van der Waals surface area contributed by atoms with Gasteiger partial charge in [0.15, 0.2) is 4.34 Å². The number of nitrogens with zero attached hydrogens (tertiary/aromatic N) is 1. The molecule has 1 aromatic heterocycles. The highest BCUT2D eigenvalue weighted by molar-refractivity contribution is 8.02. The first kappa shape index (κ1) is 18.8. The van der Waals surface area contributed by atoms with Crippen LogP contribution in [0, 0.1) is 0 Å². The molecule has 0 aliphatic carbocycles. The highest BCUT2D eigenvalue weighted by atomic mass is 35.5. The van der Waals surface area contributed by atoms with Crippen LogP contribution in [0.5, 0.6) is 0 Å². The number of thioether (sulfide) groups is 1. The number of halogens is 1. The molecule has 5 nitrogen and oxygen atoms in total. The largest absolute Gasteiger partial charge is 0.466 e. The lowest BCUT2D eigenvalue weighted by atomic mass is 10.3. The average molecular weight is 385 g/mol. The number of amides is 1. The topological polar surface area (TPSA) is 68.3 Å². The summed E-state index contributed by atoms with van der Waals surface area (Å²) in [5.41, 5.74) is 1.35. The van der Waals surface area contributed by atoms with Gasteiger partial charge in [-0.05, 0) is 38.1 Å².